The Morgan fingerprint density at radius 1 is 1.18 bits per heavy atom. The van der Waals surface area contributed by atoms with E-state index in [4.69, 9.17) is 11.6 Å². The lowest BCUT2D eigenvalue weighted by Gasteiger charge is -2.06. The molecule has 0 spiro atoms. The summed E-state index contributed by atoms with van der Waals surface area (Å²) in [6.07, 6.45) is 0. The van der Waals surface area contributed by atoms with Crippen LogP contribution in [0.1, 0.15) is 22.6 Å². The first kappa shape index (κ1) is 12.6. The van der Waals surface area contributed by atoms with E-state index in [0.717, 1.165) is 32.9 Å². The quantitative estimate of drug-likeness (QED) is 0.798. The minimum absolute atomic E-state index is 0.435. The third-order valence-electron chi connectivity index (χ3n) is 2.85. The Labute approximate surface area is 114 Å². The Morgan fingerprint density at radius 3 is 2.29 bits per heavy atom. The standard InChI is InChI=1S/C11H14BrClN4/c1-6-9(5-13)11(16(4)14-6)17-8(3)10(12)7(2)15-17/h5H2,1-4H3. The van der Waals surface area contributed by atoms with E-state index in [0.29, 0.717) is 5.88 Å². The SMILES string of the molecule is Cc1nn(-c2c(CCl)c(C)nn2C)c(C)c1Br. The van der Waals surface area contributed by atoms with Crippen molar-refractivity contribution in [2.24, 2.45) is 7.05 Å². The summed E-state index contributed by atoms with van der Waals surface area (Å²) in [7, 11) is 1.91. The number of alkyl halides is 1. The molecule has 0 saturated carbocycles. The van der Waals surface area contributed by atoms with Crippen LogP contribution < -0.4 is 0 Å². The maximum Gasteiger partial charge on any atom is 0.156 e. The number of aromatic nitrogens is 4. The Hall–Kier alpha value is -0.810. The third-order valence-corrected chi connectivity index (χ3v) is 4.27. The van der Waals surface area contributed by atoms with Crippen molar-refractivity contribution in [3.63, 3.8) is 0 Å². The largest absolute Gasteiger partial charge is 0.250 e. The minimum Gasteiger partial charge on any atom is -0.250 e. The van der Waals surface area contributed by atoms with Crippen LogP contribution in [-0.4, -0.2) is 19.6 Å². The predicted octanol–water partition coefficient (Wildman–Crippen LogP) is 3.03. The van der Waals surface area contributed by atoms with Crippen molar-refractivity contribution in [1.82, 2.24) is 19.6 Å². The fourth-order valence-electron chi connectivity index (χ4n) is 1.94. The summed E-state index contributed by atoms with van der Waals surface area (Å²) in [5.74, 6) is 1.37. The first-order valence-corrected chi connectivity index (χ1v) is 6.60. The summed E-state index contributed by atoms with van der Waals surface area (Å²) in [5, 5.41) is 8.91. The molecule has 0 bridgehead atoms. The van der Waals surface area contributed by atoms with Gasteiger partial charge in [0.2, 0.25) is 0 Å². The zero-order valence-corrected chi connectivity index (χ0v) is 12.6. The topological polar surface area (TPSA) is 35.6 Å². The molecule has 2 aromatic heterocycles. The van der Waals surface area contributed by atoms with Crippen LogP contribution in [0.25, 0.3) is 5.82 Å². The summed E-state index contributed by atoms with van der Waals surface area (Å²) < 4.78 is 4.73. The van der Waals surface area contributed by atoms with Crippen LogP contribution in [0.3, 0.4) is 0 Å². The maximum absolute atomic E-state index is 5.99. The Morgan fingerprint density at radius 2 is 1.82 bits per heavy atom. The zero-order valence-electron chi connectivity index (χ0n) is 10.3. The van der Waals surface area contributed by atoms with E-state index in [1.807, 2.05) is 37.2 Å². The molecule has 2 heterocycles. The van der Waals surface area contributed by atoms with Gasteiger partial charge in [0.1, 0.15) is 0 Å². The van der Waals surface area contributed by atoms with Gasteiger partial charge in [0, 0.05) is 12.6 Å². The van der Waals surface area contributed by atoms with Crippen LogP contribution in [0.2, 0.25) is 0 Å². The molecule has 0 N–H and O–H groups in total. The fraction of sp³-hybridized carbons (Fsp3) is 0.455. The minimum atomic E-state index is 0.435. The average Bonchev–Trinajstić information content (AvgIpc) is 2.69. The van der Waals surface area contributed by atoms with Crippen molar-refractivity contribution < 1.29 is 0 Å². The van der Waals surface area contributed by atoms with Gasteiger partial charge in [0.05, 0.1) is 27.4 Å². The summed E-state index contributed by atoms with van der Waals surface area (Å²) >= 11 is 9.52. The van der Waals surface area contributed by atoms with E-state index in [-0.39, 0.29) is 0 Å². The highest BCUT2D eigenvalue weighted by atomic mass is 79.9. The van der Waals surface area contributed by atoms with Gasteiger partial charge in [0.15, 0.2) is 5.82 Å². The predicted molar refractivity (Wildman–Crippen MR) is 71.8 cm³/mol. The molecule has 6 heteroatoms. The smallest absolute Gasteiger partial charge is 0.156 e. The van der Waals surface area contributed by atoms with Crippen molar-refractivity contribution in [1.29, 1.82) is 0 Å². The Bertz CT molecular complexity index is 571. The second-order valence-electron chi connectivity index (χ2n) is 4.04. The summed E-state index contributed by atoms with van der Waals surface area (Å²) in [4.78, 5) is 0. The van der Waals surface area contributed by atoms with Crippen LogP contribution in [0.15, 0.2) is 4.47 Å². The zero-order chi connectivity index (χ0) is 12.7. The van der Waals surface area contributed by atoms with Crippen molar-refractivity contribution >= 4 is 27.5 Å². The van der Waals surface area contributed by atoms with Crippen LogP contribution in [-0.2, 0) is 12.9 Å². The van der Waals surface area contributed by atoms with E-state index in [2.05, 4.69) is 26.1 Å². The molecule has 0 unspecified atom stereocenters. The molecule has 0 aromatic carbocycles. The molecule has 17 heavy (non-hydrogen) atoms. The van der Waals surface area contributed by atoms with E-state index in [1.54, 1.807) is 0 Å². The lowest BCUT2D eigenvalue weighted by atomic mass is 10.2. The van der Waals surface area contributed by atoms with E-state index in [1.165, 1.54) is 0 Å². The van der Waals surface area contributed by atoms with E-state index < -0.39 is 0 Å². The van der Waals surface area contributed by atoms with Gasteiger partial charge in [-0.2, -0.15) is 10.2 Å². The summed E-state index contributed by atoms with van der Waals surface area (Å²) in [6, 6.07) is 0. The van der Waals surface area contributed by atoms with Gasteiger partial charge in [-0.15, -0.1) is 11.6 Å². The second-order valence-corrected chi connectivity index (χ2v) is 5.10. The molecule has 0 aliphatic carbocycles. The van der Waals surface area contributed by atoms with Crippen LogP contribution in [0, 0.1) is 20.8 Å². The molecular weight excluding hydrogens is 304 g/mol. The Kier molecular flexibility index (Phi) is 3.32. The first-order chi connectivity index (χ1) is 7.97. The number of rotatable bonds is 2. The molecule has 0 atom stereocenters. The van der Waals surface area contributed by atoms with Gasteiger partial charge in [0.25, 0.3) is 0 Å². The molecule has 2 rings (SSSR count). The van der Waals surface area contributed by atoms with E-state index >= 15 is 0 Å². The molecule has 4 nitrogen and oxygen atoms in total. The highest BCUT2D eigenvalue weighted by Crippen LogP contribution is 2.26. The van der Waals surface area contributed by atoms with Gasteiger partial charge >= 0.3 is 0 Å². The average molecular weight is 318 g/mol. The number of aryl methyl sites for hydroxylation is 3. The van der Waals surface area contributed by atoms with Gasteiger partial charge in [-0.1, -0.05) is 0 Å². The van der Waals surface area contributed by atoms with Gasteiger partial charge in [-0.05, 0) is 36.7 Å². The van der Waals surface area contributed by atoms with Crippen LogP contribution >= 0.6 is 27.5 Å². The lowest BCUT2D eigenvalue weighted by Crippen LogP contribution is -2.08. The number of halogens is 2. The molecule has 92 valence electrons. The highest BCUT2D eigenvalue weighted by Gasteiger charge is 2.18. The van der Waals surface area contributed by atoms with Gasteiger partial charge in [-0.25, -0.2) is 4.68 Å². The molecule has 0 saturated heterocycles. The van der Waals surface area contributed by atoms with Gasteiger partial charge < -0.3 is 0 Å². The normalized spacial score (nSPS) is 11.2. The molecule has 0 aliphatic rings. The Balaban J connectivity index is 2.72. The first-order valence-electron chi connectivity index (χ1n) is 5.28. The maximum atomic E-state index is 5.99. The van der Waals surface area contributed by atoms with E-state index in [9.17, 15) is 0 Å². The number of hydrogen-bond acceptors (Lipinski definition) is 2. The molecular formula is C11H14BrClN4. The van der Waals surface area contributed by atoms with Crippen molar-refractivity contribution in [2.45, 2.75) is 26.7 Å². The molecule has 2 aromatic rings. The van der Waals surface area contributed by atoms with Crippen LogP contribution in [0.4, 0.5) is 0 Å². The monoisotopic (exact) mass is 316 g/mol. The molecule has 0 radical (unpaired) electrons. The van der Waals surface area contributed by atoms with Crippen LogP contribution in [0.5, 0.6) is 0 Å². The molecule has 0 aliphatic heterocycles. The molecule has 0 fully saturated rings. The van der Waals surface area contributed by atoms with Crippen molar-refractivity contribution in [3.8, 4) is 5.82 Å². The molecule has 0 amide bonds. The summed E-state index contributed by atoms with van der Waals surface area (Å²) in [5.41, 5.74) is 3.98. The van der Waals surface area contributed by atoms with Crippen molar-refractivity contribution in [3.05, 3.63) is 27.1 Å². The second kappa shape index (κ2) is 4.46. The van der Waals surface area contributed by atoms with Gasteiger partial charge in [-0.3, -0.25) is 4.68 Å². The number of hydrogen-bond donors (Lipinski definition) is 0. The fourth-order valence-corrected chi connectivity index (χ4v) is 2.50. The van der Waals surface area contributed by atoms with Crippen molar-refractivity contribution in [2.75, 3.05) is 0 Å². The lowest BCUT2D eigenvalue weighted by molar-refractivity contribution is 0.680. The highest BCUT2D eigenvalue weighted by molar-refractivity contribution is 9.10. The third kappa shape index (κ3) is 1.91. The summed E-state index contributed by atoms with van der Waals surface area (Å²) in [6.45, 7) is 5.95. The number of nitrogens with zero attached hydrogens (tertiary/aromatic N) is 4.